The SMILES string of the molecule is C=CC[C@@H](O)[C@H](Cc1ccccc1)N(Cc1ccccc1)Cc1ccccc1. The Morgan fingerprint density at radius 2 is 1.14 bits per heavy atom. The van der Waals surface area contributed by atoms with Gasteiger partial charge >= 0.3 is 0 Å². The van der Waals surface area contributed by atoms with Crippen molar-refractivity contribution >= 4 is 0 Å². The molecule has 28 heavy (non-hydrogen) atoms. The van der Waals surface area contributed by atoms with Gasteiger partial charge in [0.2, 0.25) is 0 Å². The van der Waals surface area contributed by atoms with E-state index < -0.39 is 6.10 Å². The van der Waals surface area contributed by atoms with E-state index >= 15 is 0 Å². The van der Waals surface area contributed by atoms with Crippen molar-refractivity contribution in [3.63, 3.8) is 0 Å². The fourth-order valence-electron chi connectivity index (χ4n) is 3.62. The summed E-state index contributed by atoms with van der Waals surface area (Å²) in [5.74, 6) is 0. The lowest BCUT2D eigenvalue weighted by molar-refractivity contribution is 0.0411. The second-order valence-electron chi connectivity index (χ2n) is 7.22. The van der Waals surface area contributed by atoms with Gasteiger partial charge in [0.15, 0.2) is 0 Å². The van der Waals surface area contributed by atoms with Crippen molar-refractivity contribution in [2.24, 2.45) is 0 Å². The molecule has 0 saturated carbocycles. The van der Waals surface area contributed by atoms with Crippen LogP contribution < -0.4 is 0 Å². The van der Waals surface area contributed by atoms with E-state index in [1.165, 1.54) is 16.7 Å². The normalized spacial score (nSPS) is 13.2. The van der Waals surface area contributed by atoms with Crippen molar-refractivity contribution in [2.75, 3.05) is 0 Å². The van der Waals surface area contributed by atoms with Crippen LogP contribution in [0.1, 0.15) is 23.1 Å². The first-order chi connectivity index (χ1) is 13.8. The largest absolute Gasteiger partial charge is 0.391 e. The van der Waals surface area contributed by atoms with Crippen molar-refractivity contribution in [3.05, 3.63) is 120 Å². The number of aliphatic hydroxyl groups is 1. The fourth-order valence-corrected chi connectivity index (χ4v) is 3.62. The lowest BCUT2D eigenvalue weighted by Gasteiger charge is -2.35. The number of hydrogen-bond acceptors (Lipinski definition) is 2. The third kappa shape index (κ3) is 5.91. The maximum atomic E-state index is 11.0. The highest BCUT2D eigenvalue weighted by atomic mass is 16.3. The molecule has 2 heteroatoms. The molecule has 1 N–H and O–H groups in total. The van der Waals surface area contributed by atoms with Gasteiger partial charge in [0.25, 0.3) is 0 Å². The van der Waals surface area contributed by atoms with Crippen LogP contribution in [0.2, 0.25) is 0 Å². The highest BCUT2D eigenvalue weighted by Gasteiger charge is 2.26. The molecule has 0 aromatic heterocycles. The standard InChI is InChI=1S/C26H29NO/c1-2-12-26(28)25(19-22-13-6-3-7-14-22)27(20-23-15-8-4-9-16-23)21-24-17-10-5-11-18-24/h2-11,13-18,25-26,28H,1,12,19-21H2/t25-,26+/m0/s1. The van der Waals surface area contributed by atoms with Gasteiger partial charge in [-0.05, 0) is 29.5 Å². The Balaban J connectivity index is 1.90. The minimum absolute atomic E-state index is 0.000752. The monoisotopic (exact) mass is 371 g/mol. The predicted molar refractivity (Wildman–Crippen MR) is 117 cm³/mol. The van der Waals surface area contributed by atoms with Gasteiger partial charge in [0, 0.05) is 19.1 Å². The lowest BCUT2D eigenvalue weighted by atomic mass is 9.96. The van der Waals surface area contributed by atoms with E-state index in [4.69, 9.17) is 0 Å². The first-order valence-electron chi connectivity index (χ1n) is 9.91. The Kier molecular flexibility index (Phi) is 7.60. The summed E-state index contributed by atoms with van der Waals surface area (Å²) < 4.78 is 0. The summed E-state index contributed by atoms with van der Waals surface area (Å²) >= 11 is 0. The number of rotatable bonds is 10. The number of aliphatic hydroxyl groups excluding tert-OH is 1. The maximum absolute atomic E-state index is 11.0. The summed E-state index contributed by atoms with van der Waals surface area (Å²) in [7, 11) is 0. The molecule has 3 aromatic rings. The Morgan fingerprint density at radius 3 is 1.57 bits per heavy atom. The zero-order chi connectivity index (χ0) is 19.6. The molecular weight excluding hydrogens is 342 g/mol. The van der Waals surface area contributed by atoms with Crippen LogP contribution >= 0.6 is 0 Å². The molecule has 0 fully saturated rings. The predicted octanol–water partition coefficient (Wildman–Crippen LogP) is 5.24. The first-order valence-corrected chi connectivity index (χ1v) is 9.91. The smallest absolute Gasteiger partial charge is 0.0733 e. The number of hydrogen-bond donors (Lipinski definition) is 1. The van der Waals surface area contributed by atoms with Gasteiger partial charge in [-0.2, -0.15) is 0 Å². The molecule has 2 nitrogen and oxygen atoms in total. The quantitative estimate of drug-likeness (QED) is 0.493. The minimum Gasteiger partial charge on any atom is -0.391 e. The summed E-state index contributed by atoms with van der Waals surface area (Å²) in [6.45, 7) is 5.43. The summed E-state index contributed by atoms with van der Waals surface area (Å²) in [4.78, 5) is 2.39. The summed E-state index contributed by atoms with van der Waals surface area (Å²) in [6.07, 6.45) is 2.73. The maximum Gasteiger partial charge on any atom is 0.0733 e. The second kappa shape index (κ2) is 10.6. The van der Waals surface area contributed by atoms with Crippen molar-refractivity contribution in [1.29, 1.82) is 0 Å². The molecule has 0 heterocycles. The van der Waals surface area contributed by atoms with Gasteiger partial charge in [-0.15, -0.1) is 6.58 Å². The van der Waals surface area contributed by atoms with Crippen molar-refractivity contribution in [1.82, 2.24) is 4.90 Å². The van der Waals surface area contributed by atoms with E-state index in [9.17, 15) is 5.11 Å². The van der Waals surface area contributed by atoms with Gasteiger partial charge in [0.05, 0.1) is 6.10 Å². The van der Waals surface area contributed by atoms with E-state index in [2.05, 4.69) is 84.3 Å². The molecule has 2 atom stereocenters. The van der Waals surface area contributed by atoms with Crippen LogP contribution in [0.4, 0.5) is 0 Å². The van der Waals surface area contributed by atoms with Gasteiger partial charge in [-0.1, -0.05) is 97.1 Å². The minimum atomic E-state index is -0.467. The molecule has 0 spiro atoms. The summed E-state index contributed by atoms with van der Waals surface area (Å²) in [5, 5.41) is 11.0. The van der Waals surface area contributed by atoms with E-state index in [0.29, 0.717) is 6.42 Å². The van der Waals surface area contributed by atoms with Crippen molar-refractivity contribution in [2.45, 2.75) is 38.1 Å². The van der Waals surface area contributed by atoms with Crippen LogP contribution in [-0.2, 0) is 19.5 Å². The molecule has 0 aliphatic carbocycles. The van der Waals surface area contributed by atoms with Crippen LogP contribution in [0.25, 0.3) is 0 Å². The molecule has 0 bridgehead atoms. The highest BCUT2D eigenvalue weighted by Crippen LogP contribution is 2.21. The molecular formula is C26H29NO. The molecule has 3 rings (SSSR count). The summed E-state index contributed by atoms with van der Waals surface area (Å²) in [6, 6.07) is 31.4. The third-order valence-electron chi connectivity index (χ3n) is 5.07. The zero-order valence-electron chi connectivity index (χ0n) is 16.3. The fraction of sp³-hybridized carbons (Fsp3) is 0.231. The Morgan fingerprint density at radius 1 is 0.714 bits per heavy atom. The van der Waals surface area contributed by atoms with Crippen LogP contribution in [0, 0.1) is 0 Å². The van der Waals surface area contributed by atoms with Gasteiger partial charge in [-0.25, -0.2) is 0 Å². The molecule has 144 valence electrons. The average molecular weight is 372 g/mol. The first kappa shape index (κ1) is 20.1. The molecule has 0 unspecified atom stereocenters. The number of nitrogens with zero attached hydrogens (tertiary/aromatic N) is 1. The summed E-state index contributed by atoms with van der Waals surface area (Å²) in [5.41, 5.74) is 3.74. The molecule has 3 aromatic carbocycles. The molecule has 0 saturated heterocycles. The molecule has 0 radical (unpaired) electrons. The van der Waals surface area contributed by atoms with Crippen LogP contribution in [-0.4, -0.2) is 22.2 Å². The van der Waals surface area contributed by atoms with E-state index in [1.807, 2.05) is 24.3 Å². The van der Waals surface area contributed by atoms with Gasteiger partial charge < -0.3 is 5.11 Å². The van der Waals surface area contributed by atoms with Gasteiger partial charge in [0.1, 0.15) is 0 Å². The molecule has 0 amide bonds. The third-order valence-corrected chi connectivity index (χ3v) is 5.07. The molecule has 0 aliphatic rings. The van der Waals surface area contributed by atoms with Crippen molar-refractivity contribution < 1.29 is 5.11 Å². The molecule has 0 aliphatic heterocycles. The topological polar surface area (TPSA) is 23.5 Å². The number of benzene rings is 3. The lowest BCUT2D eigenvalue weighted by Crippen LogP contribution is -2.44. The van der Waals surface area contributed by atoms with Crippen molar-refractivity contribution in [3.8, 4) is 0 Å². The van der Waals surface area contributed by atoms with Crippen LogP contribution in [0.3, 0.4) is 0 Å². The van der Waals surface area contributed by atoms with Crippen LogP contribution in [0.5, 0.6) is 0 Å². The highest BCUT2D eigenvalue weighted by molar-refractivity contribution is 5.20. The zero-order valence-corrected chi connectivity index (χ0v) is 16.3. The van der Waals surface area contributed by atoms with Gasteiger partial charge in [-0.3, -0.25) is 4.90 Å². The van der Waals surface area contributed by atoms with E-state index in [-0.39, 0.29) is 6.04 Å². The Labute approximate surface area is 168 Å². The van der Waals surface area contributed by atoms with E-state index in [1.54, 1.807) is 0 Å². The second-order valence-corrected chi connectivity index (χ2v) is 7.22. The Bertz CT molecular complexity index is 775. The Hall–Kier alpha value is -2.68. The average Bonchev–Trinajstić information content (AvgIpc) is 2.74. The van der Waals surface area contributed by atoms with Crippen LogP contribution in [0.15, 0.2) is 104 Å². The van der Waals surface area contributed by atoms with E-state index in [0.717, 1.165) is 19.5 Å².